The summed E-state index contributed by atoms with van der Waals surface area (Å²) in [5.41, 5.74) is 0.524. The Bertz CT molecular complexity index is 675. The average molecular weight is 342 g/mol. The van der Waals surface area contributed by atoms with E-state index in [2.05, 4.69) is 10.2 Å². The van der Waals surface area contributed by atoms with Crippen molar-refractivity contribution in [1.29, 1.82) is 0 Å². The summed E-state index contributed by atoms with van der Waals surface area (Å²) in [5, 5.41) is 16.6. The SMILES string of the molecule is CCN(Cc1ccccc1F)c1nnc(CCC(F)(F)CO)n1C. The summed E-state index contributed by atoms with van der Waals surface area (Å²) in [6.45, 7) is 1.58. The molecule has 5 nitrogen and oxygen atoms in total. The van der Waals surface area contributed by atoms with Gasteiger partial charge in [0.25, 0.3) is 5.92 Å². The van der Waals surface area contributed by atoms with Crippen molar-refractivity contribution in [3.05, 3.63) is 41.5 Å². The zero-order chi connectivity index (χ0) is 17.7. The molecule has 2 rings (SSSR count). The summed E-state index contributed by atoms with van der Waals surface area (Å²) in [6.07, 6.45) is -0.511. The highest BCUT2D eigenvalue weighted by atomic mass is 19.3. The number of aliphatic hydroxyl groups is 1. The largest absolute Gasteiger partial charge is 0.390 e. The fraction of sp³-hybridized carbons (Fsp3) is 0.500. The summed E-state index contributed by atoms with van der Waals surface area (Å²) in [6, 6.07) is 6.46. The molecule has 2 aromatic rings. The molecule has 0 aliphatic rings. The highest BCUT2D eigenvalue weighted by Gasteiger charge is 2.28. The molecule has 0 saturated heterocycles. The second-order valence-electron chi connectivity index (χ2n) is 5.59. The zero-order valence-corrected chi connectivity index (χ0v) is 13.7. The molecule has 0 fully saturated rings. The predicted octanol–water partition coefficient (Wildman–Crippen LogP) is 2.54. The first-order valence-corrected chi connectivity index (χ1v) is 7.73. The second kappa shape index (κ2) is 7.65. The maximum absolute atomic E-state index is 13.8. The number of halogens is 3. The van der Waals surface area contributed by atoms with Gasteiger partial charge in [0.05, 0.1) is 0 Å². The van der Waals surface area contributed by atoms with E-state index in [4.69, 9.17) is 5.11 Å². The third kappa shape index (κ3) is 4.25. The first-order chi connectivity index (χ1) is 11.4. The molecular formula is C16H21F3N4O. The van der Waals surface area contributed by atoms with E-state index >= 15 is 0 Å². The monoisotopic (exact) mass is 342 g/mol. The van der Waals surface area contributed by atoms with Crippen molar-refractivity contribution in [2.45, 2.75) is 32.2 Å². The normalized spacial score (nSPS) is 11.8. The first kappa shape index (κ1) is 18.3. The molecule has 0 aliphatic heterocycles. The van der Waals surface area contributed by atoms with E-state index in [-0.39, 0.29) is 12.2 Å². The van der Waals surface area contributed by atoms with Crippen molar-refractivity contribution in [2.24, 2.45) is 7.05 Å². The lowest BCUT2D eigenvalue weighted by Gasteiger charge is -2.22. The van der Waals surface area contributed by atoms with Crippen LogP contribution in [0.25, 0.3) is 0 Å². The van der Waals surface area contributed by atoms with Crippen LogP contribution in [-0.4, -0.2) is 38.9 Å². The molecule has 0 bridgehead atoms. The molecule has 8 heteroatoms. The molecule has 0 atom stereocenters. The van der Waals surface area contributed by atoms with Crippen molar-refractivity contribution in [3.8, 4) is 0 Å². The number of hydrogen-bond acceptors (Lipinski definition) is 4. The summed E-state index contributed by atoms with van der Waals surface area (Å²) >= 11 is 0. The molecule has 1 N–H and O–H groups in total. The molecule has 0 spiro atoms. The van der Waals surface area contributed by atoms with Crippen molar-refractivity contribution < 1.29 is 18.3 Å². The fourth-order valence-corrected chi connectivity index (χ4v) is 2.38. The standard InChI is InChI=1S/C16H21F3N4O/c1-3-23(10-12-6-4-5-7-13(12)17)15-21-20-14(22(15)2)8-9-16(18,19)11-24/h4-7,24H,3,8-11H2,1-2H3. The van der Waals surface area contributed by atoms with Crippen LogP contribution < -0.4 is 4.90 Å². The lowest BCUT2D eigenvalue weighted by molar-refractivity contribution is -0.0562. The molecule has 0 unspecified atom stereocenters. The summed E-state index contributed by atoms with van der Waals surface area (Å²) in [7, 11) is 1.69. The molecule has 0 radical (unpaired) electrons. The van der Waals surface area contributed by atoms with Gasteiger partial charge in [-0.1, -0.05) is 18.2 Å². The lowest BCUT2D eigenvalue weighted by atomic mass is 10.2. The van der Waals surface area contributed by atoms with Crippen molar-refractivity contribution in [1.82, 2.24) is 14.8 Å². The van der Waals surface area contributed by atoms with E-state index in [0.29, 0.717) is 30.4 Å². The fourth-order valence-electron chi connectivity index (χ4n) is 2.38. The van der Waals surface area contributed by atoms with Crippen molar-refractivity contribution >= 4 is 5.95 Å². The van der Waals surface area contributed by atoms with Crippen LogP contribution in [-0.2, 0) is 20.0 Å². The van der Waals surface area contributed by atoms with Gasteiger partial charge in [0, 0.05) is 38.5 Å². The van der Waals surface area contributed by atoms with Gasteiger partial charge < -0.3 is 14.6 Å². The van der Waals surface area contributed by atoms with Crippen LogP contribution in [0.1, 0.15) is 24.7 Å². The van der Waals surface area contributed by atoms with Crippen LogP contribution in [0, 0.1) is 5.82 Å². The Morgan fingerprint density at radius 3 is 2.58 bits per heavy atom. The van der Waals surface area contributed by atoms with E-state index < -0.39 is 19.0 Å². The minimum absolute atomic E-state index is 0.00564. The Hall–Kier alpha value is -2.09. The minimum atomic E-state index is -3.14. The third-order valence-electron chi connectivity index (χ3n) is 3.87. The number of aryl methyl sites for hydroxylation is 1. The molecule has 0 amide bonds. The number of nitrogens with zero attached hydrogens (tertiary/aromatic N) is 4. The van der Waals surface area contributed by atoms with Gasteiger partial charge in [-0.05, 0) is 13.0 Å². The highest BCUT2D eigenvalue weighted by Crippen LogP contribution is 2.22. The van der Waals surface area contributed by atoms with Gasteiger partial charge in [0.1, 0.15) is 18.2 Å². The van der Waals surface area contributed by atoms with Crippen LogP contribution in [0.3, 0.4) is 0 Å². The van der Waals surface area contributed by atoms with Crippen LogP contribution in [0.5, 0.6) is 0 Å². The second-order valence-corrected chi connectivity index (χ2v) is 5.59. The van der Waals surface area contributed by atoms with Gasteiger partial charge in [0.15, 0.2) is 0 Å². The van der Waals surface area contributed by atoms with Crippen LogP contribution in [0.15, 0.2) is 24.3 Å². The quantitative estimate of drug-likeness (QED) is 0.801. The number of alkyl halides is 2. The number of anilines is 1. The number of rotatable bonds is 8. The number of hydrogen-bond donors (Lipinski definition) is 1. The summed E-state index contributed by atoms with van der Waals surface area (Å²) in [5.74, 6) is -2.56. The smallest absolute Gasteiger partial charge is 0.271 e. The Balaban J connectivity index is 2.14. The minimum Gasteiger partial charge on any atom is -0.390 e. The van der Waals surface area contributed by atoms with Gasteiger partial charge >= 0.3 is 0 Å². The first-order valence-electron chi connectivity index (χ1n) is 7.73. The lowest BCUT2D eigenvalue weighted by Crippen LogP contribution is -2.26. The topological polar surface area (TPSA) is 54.2 Å². The molecule has 1 aromatic heterocycles. The van der Waals surface area contributed by atoms with Crippen LogP contribution in [0.2, 0.25) is 0 Å². The van der Waals surface area contributed by atoms with Gasteiger partial charge in [-0.3, -0.25) is 0 Å². The van der Waals surface area contributed by atoms with E-state index in [1.807, 2.05) is 11.8 Å². The van der Waals surface area contributed by atoms with Gasteiger partial charge in [-0.15, -0.1) is 10.2 Å². The third-order valence-corrected chi connectivity index (χ3v) is 3.87. The van der Waals surface area contributed by atoms with E-state index in [9.17, 15) is 13.2 Å². The van der Waals surface area contributed by atoms with Crippen molar-refractivity contribution in [2.75, 3.05) is 18.1 Å². The summed E-state index contributed by atoms with van der Waals surface area (Å²) in [4.78, 5) is 1.82. The molecule has 0 aliphatic carbocycles. The van der Waals surface area contributed by atoms with Crippen LogP contribution in [0.4, 0.5) is 19.1 Å². The van der Waals surface area contributed by atoms with Gasteiger partial charge in [-0.2, -0.15) is 0 Å². The molecular weight excluding hydrogens is 321 g/mol. The Morgan fingerprint density at radius 1 is 1.25 bits per heavy atom. The maximum atomic E-state index is 13.8. The molecule has 1 heterocycles. The highest BCUT2D eigenvalue weighted by molar-refractivity contribution is 5.33. The molecule has 132 valence electrons. The Labute approximate surface area is 138 Å². The molecule has 0 saturated carbocycles. The van der Waals surface area contributed by atoms with E-state index in [0.717, 1.165) is 0 Å². The zero-order valence-electron chi connectivity index (χ0n) is 13.7. The number of aromatic nitrogens is 3. The molecule has 24 heavy (non-hydrogen) atoms. The van der Waals surface area contributed by atoms with Crippen LogP contribution >= 0.6 is 0 Å². The molecule has 1 aromatic carbocycles. The predicted molar refractivity (Wildman–Crippen MR) is 84.5 cm³/mol. The van der Waals surface area contributed by atoms with Gasteiger partial charge in [0.2, 0.25) is 5.95 Å². The van der Waals surface area contributed by atoms with Crippen molar-refractivity contribution in [3.63, 3.8) is 0 Å². The average Bonchev–Trinajstić information content (AvgIpc) is 2.93. The number of benzene rings is 1. The van der Waals surface area contributed by atoms with E-state index in [1.54, 1.807) is 29.8 Å². The Kier molecular flexibility index (Phi) is 5.82. The number of aliphatic hydroxyl groups excluding tert-OH is 1. The summed E-state index contributed by atoms with van der Waals surface area (Å²) < 4.78 is 41.8. The van der Waals surface area contributed by atoms with Gasteiger partial charge in [-0.25, -0.2) is 13.2 Å². The Morgan fingerprint density at radius 2 is 1.96 bits per heavy atom. The maximum Gasteiger partial charge on any atom is 0.271 e. The van der Waals surface area contributed by atoms with E-state index in [1.165, 1.54) is 6.07 Å².